The van der Waals surface area contributed by atoms with E-state index >= 15 is 0 Å². The second kappa shape index (κ2) is 4.08. The minimum Gasteiger partial charge on any atom is -0.481 e. The lowest BCUT2D eigenvalue weighted by Gasteiger charge is -2.36. The zero-order valence-corrected chi connectivity index (χ0v) is 7.19. The summed E-state index contributed by atoms with van der Waals surface area (Å²) in [5, 5.41) is 11.1. The molecule has 0 atom stereocenters. The van der Waals surface area contributed by atoms with Crippen LogP contribution in [0.3, 0.4) is 0 Å². The number of nitrogens with two attached hydrogens (primary N) is 1. The monoisotopic (exact) mass is 187 g/mol. The Morgan fingerprint density at radius 3 is 2.62 bits per heavy atom. The summed E-state index contributed by atoms with van der Waals surface area (Å²) < 4.78 is 0. The standard InChI is InChI=1S/C7H13N3O3/c8-1-2-9-7(13)10-3-5(4-10)6(11)12/h5H,1-4,8H2,(H,9,13)(H,11,12). The maximum atomic E-state index is 11.1. The molecule has 0 unspecified atom stereocenters. The number of amides is 2. The zero-order valence-electron chi connectivity index (χ0n) is 7.19. The molecule has 1 rings (SSSR count). The maximum absolute atomic E-state index is 11.1. The van der Waals surface area contributed by atoms with E-state index in [2.05, 4.69) is 5.32 Å². The van der Waals surface area contributed by atoms with Gasteiger partial charge in [0.2, 0.25) is 0 Å². The number of carboxylic acids is 1. The molecule has 0 aromatic rings. The maximum Gasteiger partial charge on any atom is 0.317 e. The van der Waals surface area contributed by atoms with Gasteiger partial charge in [-0.15, -0.1) is 0 Å². The number of likely N-dealkylation sites (tertiary alicyclic amines) is 1. The Labute approximate surface area is 75.7 Å². The van der Waals surface area contributed by atoms with Crippen molar-refractivity contribution in [2.45, 2.75) is 0 Å². The molecule has 6 heteroatoms. The topological polar surface area (TPSA) is 95.7 Å². The Bertz CT molecular complexity index is 213. The van der Waals surface area contributed by atoms with Crippen LogP contribution in [0.15, 0.2) is 0 Å². The van der Waals surface area contributed by atoms with Gasteiger partial charge < -0.3 is 21.1 Å². The van der Waals surface area contributed by atoms with Crippen molar-refractivity contribution in [2.75, 3.05) is 26.2 Å². The van der Waals surface area contributed by atoms with Crippen LogP contribution in [0, 0.1) is 5.92 Å². The lowest BCUT2D eigenvalue weighted by molar-refractivity contribution is -0.146. The predicted octanol–water partition coefficient (Wildman–Crippen LogP) is -1.33. The van der Waals surface area contributed by atoms with Gasteiger partial charge in [0.05, 0.1) is 5.92 Å². The van der Waals surface area contributed by atoms with Crippen LogP contribution in [0.2, 0.25) is 0 Å². The molecule has 1 heterocycles. The molecule has 0 bridgehead atoms. The molecule has 0 radical (unpaired) electrons. The Morgan fingerprint density at radius 2 is 2.15 bits per heavy atom. The lowest BCUT2D eigenvalue weighted by Crippen LogP contribution is -2.56. The van der Waals surface area contributed by atoms with Crippen molar-refractivity contribution in [2.24, 2.45) is 11.7 Å². The van der Waals surface area contributed by atoms with Crippen LogP contribution in [-0.2, 0) is 4.79 Å². The van der Waals surface area contributed by atoms with Crippen LogP contribution in [-0.4, -0.2) is 48.2 Å². The fourth-order valence-electron chi connectivity index (χ4n) is 1.09. The number of nitrogens with one attached hydrogen (secondary N) is 1. The smallest absolute Gasteiger partial charge is 0.317 e. The van der Waals surface area contributed by atoms with E-state index in [-0.39, 0.29) is 6.03 Å². The fraction of sp³-hybridized carbons (Fsp3) is 0.714. The Balaban J connectivity index is 2.19. The number of hydrogen-bond acceptors (Lipinski definition) is 3. The molecular weight excluding hydrogens is 174 g/mol. The normalized spacial score (nSPS) is 16.5. The predicted molar refractivity (Wildman–Crippen MR) is 45.2 cm³/mol. The summed E-state index contributed by atoms with van der Waals surface area (Å²) in [5.74, 6) is -1.24. The Kier molecular flexibility index (Phi) is 3.07. The summed E-state index contributed by atoms with van der Waals surface area (Å²) in [5.41, 5.74) is 5.18. The van der Waals surface area contributed by atoms with Crippen LogP contribution in [0.25, 0.3) is 0 Å². The van der Waals surface area contributed by atoms with Gasteiger partial charge in [-0.1, -0.05) is 0 Å². The van der Waals surface area contributed by atoms with Gasteiger partial charge in [-0.25, -0.2) is 4.79 Å². The number of urea groups is 1. The summed E-state index contributed by atoms with van der Waals surface area (Å²) in [4.78, 5) is 23.0. The van der Waals surface area contributed by atoms with Crippen molar-refractivity contribution in [1.29, 1.82) is 0 Å². The fourth-order valence-corrected chi connectivity index (χ4v) is 1.09. The van der Waals surface area contributed by atoms with Gasteiger partial charge >= 0.3 is 12.0 Å². The average Bonchev–Trinajstić information content (AvgIpc) is 1.97. The molecule has 1 saturated heterocycles. The summed E-state index contributed by atoms with van der Waals surface area (Å²) in [6.07, 6.45) is 0. The van der Waals surface area contributed by atoms with E-state index in [0.29, 0.717) is 26.2 Å². The van der Waals surface area contributed by atoms with Gasteiger partial charge in [0, 0.05) is 26.2 Å². The zero-order chi connectivity index (χ0) is 9.84. The number of carbonyl (C=O) groups is 2. The summed E-state index contributed by atoms with van der Waals surface area (Å²) in [7, 11) is 0. The van der Waals surface area contributed by atoms with Gasteiger partial charge in [0.25, 0.3) is 0 Å². The van der Waals surface area contributed by atoms with Crippen molar-refractivity contribution in [3.05, 3.63) is 0 Å². The number of rotatable bonds is 3. The summed E-state index contributed by atoms with van der Waals surface area (Å²) in [6, 6.07) is -0.233. The van der Waals surface area contributed by atoms with E-state index in [1.54, 1.807) is 0 Å². The number of carboxylic acid groups (broad SMARTS) is 1. The number of aliphatic carboxylic acids is 1. The van der Waals surface area contributed by atoms with Crippen LogP contribution >= 0.6 is 0 Å². The molecule has 74 valence electrons. The highest BCUT2D eigenvalue weighted by Gasteiger charge is 2.35. The molecular formula is C7H13N3O3. The minimum atomic E-state index is -0.845. The van der Waals surface area contributed by atoms with Gasteiger partial charge in [-0.2, -0.15) is 0 Å². The lowest BCUT2D eigenvalue weighted by atomic mass is 10.0. The van der Waals surface area contributed by atoms with Crippen LogP contribution < -0.4 is 11.1 Å². The van der Waals surface area contributed by atoms with E-state index in [9.17, 15) is 9.59 Å². The molecule has 4 N–H and O–H groups in total. The van der Waals surface area contributed by atoms with E-state index < -0.39 is 11.9 Å². The van der Waals surface area contributed by atoms with E-state index in [1.165, 1.54) is 4.90 Å². The quantitative estimate of drug-likeness (QED) is 0.510. The first kappa shape index (κ1) is 9.79. The molecule has 1 aliphatic heterocycles. The summed E-state index contributed by atoms with van der Waals surface area (Å²) >= 11 is 0. The van der Waals surface area contributed by atoms with Gasteiger partial charge in [0.1, 0.15) is 0 Å². The molecule has 0 aliphatic carbocycles. The molecule has 13 heavy (non-hydrogen) atoms. The first-order chi connectivity index (χ1) is 6.15. The second-order valence-electron chi connectivity index (χ2n) is 2.96. The van der Waals surface area contributed by atoms with Gasteiger partial charge in [0.15, 0.2) is 0 Å². The van der Waals surface area contributed by atoms with Gasteiger partial charge in [-0.05, 0) is 0 Å². The molecule has 1 aliphatic rings. The highest BCUT2D eigenvalue weighted by atomic mass is 16.4. The van der Waals surface area contributed by atoms with Crippen LogP contribution in [0.5, 0.6) is 0 Å². The SMILES string of the molecule is NCCNC(=O)N1CC(C(=O)O)C1. The van der Waals surface area contributed by atoms with E-state index in [4.69, 9.17) is 10.8 Å². The third kappa shape index (κ3) is 2.32. The first-order valence-electron chi connectivity index (χ1n) is 4.10. The highest BCUT2D eigenvalue weighted by Crippen LogP contribution is 2.14. The Morgan fingerprint density at radius 1 is 1.54 bits per heavy atom. The third-order valence-electron chi connectivity index (χ3n) is 1.94. The van der Waals surface area contributed by atoms with E-state index in [0.717, 1.165) is 0 Å². The third-order valence-corrected chi connectivity index (χ3v) is 1.94. The average molecular weight is 187 g/mol. The van der Waals surface area contributed by atoms with Crippen molar-refractivity contribution in [3.63, 3.8) is 0 Å². The van der Waals surface area contributed by atoms with Crippen molar-refractivity contribution in [1.82, 2.24) is 10.2 Å². The van der Waals surface area contributed by atoms with E-state index in [1.807, 2.05) is 0 Å². The molecule has 0 saturated carbocycles. The number of nitrogens with zero attached hydrogens (tertiary/aromatic N) is 1. The number of hydrogen-bond donors (Lipinski definition) is 3. The van der Waals surface area contributed by atoms with Crippen molar-refractivity contribution in [3.8, 4) is 0 Å². The molecule has 0 aromatic carbocycles. The molecule has 0 spiro atoms. The highest BCUT2D eigenvalue weighted by molar-refractivity contribution is 5.79. The second-order valence-corrected chi connectivity index (χ2v) is 2.96. The van der Waals surface area contributed by atoms with Gasteiger partial charge in [-0.3, -0.25) is 4.79 Å². The van der Waals surface area contributed by atoms with Crippen molar-refractivity contribution >= 4 is 12.0 Å². The molecule has 1 fully saturated rings. The van der Waals surface area contributed by atoms with Crippen molar-refractivity contribution < 1.29 is 14.7 Å². The molecule has 2 amide bonds. The van der Waals surface area contributed by atoms with Crippen LogP contribution in [0.1, 0.15) is 0 Å². The largest absolute Gasteiger partial charge is 0.481 e. The Hall–Kier alpha value is -1.30. The minimum absolute atomic E-state index is 0.233. The molecule has 0 aromatic heterocycles. The summed E-state index contributed by atoms with van der Waals surface area (Å²) in [6.45, 7) is 1.41. The number of carbonyl (C=O) groups excluding carboxylic acids is 1. The van der Waals surface area contributed by atoms with Crippen LogP contribution in [0.4, 0.5) is 4.79 Å². The molecule has 6 nitrogen and oxygen atoms in total. The first-order valence-corrected chi connectivity index (χ1v) is 4.10.